The molecule has 0 aromatic heterocycles. The Morgan fingerprint density at radius 1 is 1.36 bits per heavy atom. The van der Waals surface area contributed by atoms with Gasteiger partial charge in [-0.3, -0.25) is 10.1 Å². The second kappa shape index (κ2) is 3.26. The number of amides is 3. The summed E-state index contributed by atoms with van der Waals surface area (Å²) >= 11 is 0. The molecule has 4 heteroatoms. The Hall–Kier alpha value is -1.06. The van der Waals surface area contributed by atoms with Crippen molar-refractivity contribution in [3.05, 3.63) is 0 Å². The van der Waals surface area contributed by atoms with E-state index in [0.29, 0.717) is 0 Å². The Morgan fingerprint density at radius 2 is 2.00 bits per heavy atom. The molecule has 0 bridgehead atoms. The Bertz CT molecular complexity index is 267. The first-order valence-electron chi connectivity index (χ1n) is 5.30. The van der Waals surface area contributed by atoms with Crippen LogP contribution < -0.4 is 10.6 Å². The zero-order valence-corrected chi connectivity index (χ0v) is 8.43. The van der Waals surface area contributed by atoms with Crippen molar-refractivity contribution in [1.29, 1.82) is 0 Å². The first-order valence-corrected chi connectivity index (χ1v) is 5.30. The molecule has 3 amide bonds. The van der Waals surface area contributed by atoms with Crippen molar-refractivity contribution in [1.82, 2.24) is 10.6 Å². The van der Waals surface area contributed by atoms with Crippen molar-refractivity contribution in [3.8, 4) is 0 Å². The van der Waals surface area contributed by atoms with E-state index in [1.807, 2.05) is 0 Å². The lowest BCUT2D eigenvalue weighted by atomic mass is 9.76. The van der Waals surface area contributed by atoms with Gasteiger partial charge in [-0.15, -0.1) is 0 Å². The summed E-state index contributed by atoms with van der Waals surface area (Å²) < 4.78 is 0. The molecule has 0 unspecified atom stereocenters. The van der Waals surface area contributed by atoms with Crippen LogP contribution in [0.4, 0.5) is 4.79 Å². The molecular weight excluding hydrogens is 180 g/mol. The second-order valence-corrected chi connectivity index (χ2v) is 4.34. The Balaban J connectivity index is 2.05. The van der Waals surface area contributed by atoms with Gasteiger partial charge in [0.15, 0.2) is 0 Å². The minimum Gasteiger partial charge on any atom is -0.323 e. The number of hydrogen-bond donors (Lipinski definition) is 2. The lowest BCUT2D eigenvalue weighted by Crippen LogP contribution is -2.49. The van der Waals surface area contributed by atoms with Crippen molar-refractivity contribution in [2.24, 2.45) is 5.92 Å². The molecule has 2 aliphatic rings. The minimum atomic E-state index is -0.567. The summed E-state index contributed by atoms with van der Waals surface area (Å²) in [5, 5.41) is 5.09. The van der Waals surface area contributed by atoms with E-state index in [1.165, 1.54) is 6.42 Å². The van der Waals surface area contributed by atoms with E-state index in [1.54, 1.807) is 0 Å². The summed E-state index contributed by atoms with van der Waals surface area (Å²) in [7, 11) is 0. The summed E-state index contributed by atoms with van der Waals surface area (Å²) in [6, 6.07) is -0.329. The van der Waals surface area contributed by atoms with Crippen molar-refractivity contribution in [2.45, 2.75) is 44.6 Å². The average Bonchev–Trinajstić information content (AvgIpc) is 2.43. The van der Waals surface area contributed by atoms with Gasteiger partial charge in [0, 0.05) is 0 Å². The number of hydrogen-bond acceptors (Lipinski definition) is 2. The van der Waals surface area contributed by atoms with Gasteiger partial charge in [0.2, 0.25) is 0 Å². The zero-order chi connectivity index (χ0) is 10.2. The van der Waals surface area contributed by atoms with Crippen molar-refractivity contribution < 1.29 is 9.59 Å². The molecule has 1 spiro atoms. The van der Waals surface area contributed by atoms with E-state index in [4.69, 9.17) is 0 Å². The molecule has 0 radical (unpaired) electrons. The molecule has 4 nitrogen and oxygen atoms in total. The van der Waals surface area contributed by atoms with Gasteiger partial charge < -0.3 is 5.32 Å². The largest absolute Gasteiger partial charge is 0.323 e. The van der Waals surface area contributed by atoms with Gasteiger partial charge in [0.1, 0.15) is 5.54 Å². The molecule has 1 saturated heterocycles. The molecule has 1 aliphatic carbocycles. The van der Waals surface area contributed by atoms with Gasteiger partial charge in [-0.25, -0.2) is 4.79 Å². The monoisotopic (exact) mass is 196 g/mol. The van der Waals surface area contributed by atoms with Crippen molar-refractivity contribution in [3.63, 3.8) is 0 Å². The molecule has 1 aliphatic heterocycles. The van der Waals surface area contributed by atoms with Gasteiger partial charge >= 0.3 is 6.03 Å². The number of nitrogens with one attached hydrogen (secondary N) is 2. The van der Waals surface area contributed by atoms with E-state index < -0.39 is 5.54 Å². The number of urea groups is 1. The number of carbonyl (C=O) groups is 2. The van der Waals surface area contributed by atoms with E-state index in [-0.39, 0.29) is 11.9 Å². The third kappa shape index (κ3) is 1.38. The van der Waals surface area contributed by atoms with Gasteiger partial charge in [-0.1, -0.05) is 13.3 Å². The third-order valence-corrected chi connectivity index (χ3v) is 3.55. The first-order chi connectivity index (χ1) is 6.66. The summed E-state index contributed by atoms with van der Waals surface area (Å²) in [4.78, 5) is 22.6. The van der Waals surface area contributed by atoms with Crippen LogP contribution >= 0.6 is 0 Å². The van der Waals surface area contributed by atoms with Crippen LogP contribution in [0.2, 0.25) is 0 Å². The lowest BCUT2D eigenvalue weighted by Gasteiger charge is -2.34. The fourth-order valence-electron chi connectivity index (χ4n) is 2.46. The topological polar surface area (TPSA) is 58.2 Å². The maximum Gasteiger partial charge on any atom is 0.322 e. The third-order valence-electron chi connectivity index (χ3n) is 3.55. The molecule has 14 heavy (non-hydrogen) atoms. The Kier molecular flexibility index (Phi) is 2.21. The van der Waals surface area contributed by atoms with Crippen LogP contribution in [-0.4, -0.2) is 17.5 Å². The van der Waals surface area contributed by atoms with Crippen LogP contribution in [0.1, 0.15) is 39.0 Å². The minimum absolute atomic E-state index is 0.128. The fraction of sp³-hybridized carbons (Fsp3) is 0.800. The number of imide groups is 1. The number of carbonyl (C=O) groups excluding carboxylic acids is 2. The van der Waals surface area contributed by atoms with Gasteiger partial charge in [0.25, 0.3) is 5.91 Å². The number of rotatable bonds is 1. The molecule has 0 aromatic rings. The highest BCUT2D eigenvalue weighted by Gasteiger charge is 2.47. The van der Waals surface area contributed by atoms with Crippen LogP contribution in [0.25, 0.3) is 0 Å². The smallest absolute Gasteiger partial charge is 0.322 e. The highest BCUT2D eigenvalue weighted by atomic mass is 16.2. The predicted molar refractivity (Wildman–Crippen MR) is 51.7 cm³/mol. The fourth-order valence-corrected chi connectivity index (χ4v) is 2.46. The summed E-state index contributed by atoms with van der Waals surface area (Å²) in [5.74, 6) is 0.600. The highest BCUT2D eigenvalue weighted by molar-refractivity contribution is 6.07. The summed E-state index contributed by atoms with van der Waals surface area (Å²) in [6.07, 6.45) is 4.85. The van der Waals surface area contributed by atoms with E-state index >= 15 is 0 Å². The van der Waals surface area contributed by atoms with Crippen LogP contribution in [-0.2, 0) is 4.79 Å². The molecule has 78 valence electrons. The van der Waals surface area contributed by atoms with Gasteiger partial charge in [-0.05, 0) is 31.6 Å². The molecular formula is C10H16N2O2. The van der Waals surface area contributed by atoms with Crippen LogP contribution in [0.15, 0.2) is 0 Å². The maximum absolute atomic E-state index is 11.6. The second-order valence-electron chi connectivity index (χ2n) is 4.34. The van der Waals surface area contributed by atoms with Gasteiger partial charge in [0.05, 0.1) is 0 Å². The average molecular weight is 196 g/mol. The van der Waals surface area contributed by atoms with Gasteiger partial charge in [-0.2, -0.15) is 0 Å². The molecule has 2 rings (SSSR count). The van der Waals surface area contributed by atoms with Crippen molar-refractivity contribution in [2.75, 3.05) is 0 Å². The van der Waals surface area contributed by atoms with E-state index in [9.17, 15) is 9.59 Å². The Morgan fingerprint density at radius 3 is 2.43 bits per heavy atom. The standard InChI is InChI=1S/C10H16N2O2/c1-2-7-3-5-10(6-4-7)8(13)11-9(14)12-10/h7H,2-6H2,1H3,(H2,11,12,13,14)/t7-,10+. The van der Waals surface area contributed by atoms with Crippen molar-refractivity contribution >= 4 is 11.9 Å². The summed E-state index contributed by atoms with van der Waals surface area (Å²) in [5.41, 5.74) is -0.567. The SMILES string of the molecule is CC[C@H]1CC[C@]2(CC1)NC(=O)NC2=O. The molecule has 2 N–H and O–H groups in total. The first kappa shape index (κ1) is 9.49. The normalized spacial score (nSPS) is 37.1. The maximum atomic E-state index is 11.6. The Labute approximate surface area is 83.4 Å². The molecule has 0 atom stereocenters. The van der Waals surface area contributed by atoms with Crippen LogP contribution in [0.5, 0.6) is 0 Å². The molecule has 1 saturated carbocycles. The van der Waals surface area contributed by atoms with E-state index in [0.717, 1.165) is 31.6 Å². The van der Waals surface area contributed by atoms with E-state index in [2.05, 4.69) is 17.6 Å². The highest BCUT2D eigenvalue weighted by Crippen LogP contribution is 2.35. The van der Waals surface area contributed by atoms with Crippen LogP contribution in [0.3, 0.4) is 0 Å². The molecule has 2 fully saturated rings. The van der Waals surface area contributed by atoms with Crippen LogP contribution in [0, 0.1) is 5.92 Å². The summed E-state index contributed by atoms with van der Waals surface area (Å²) in [6.45, 7) is 2.18. The quantitative estimate of drug-likeness (QED) is 0.618. The predicted octanol–water partition coefficient (Wildman–Crippen LogP) is 1.16. The molecule has 0 aromatic carbocycles. The lowest BCUT2D eigenvalue weighted by molar-refractivity contribution is -0.125. The zero-order valence-electron chi connectivity index (χ0n) is 8.43. The molecule has 1 heterocycles.